The molecular formula is C32H40ClF2N5O7S. The quantitative estimate of drug-likeness (QED) is 0.366. The van der Waals surface area contributed by atoms with Gasteiger partial charge < -0.3 is 25.0 Å². The Labute approximate surface area is 283 Å². The van der Waals surface area contributed by atoms with Crippen LogP contribution >= 0.6 is 11.6 Å². The number of piperazine rings is 1. The van der Waals surface area contributed by atoms with E-state index in [1.165, 1.54) is 27.4 Å². The number of anilines is 2. The van der Waals surface area contributed by atoms with Gasteiger partial charge in [0.05, 0.1) is 16.9 Å². The van der Waals surface area contributed by atoms with Crippen molar-refractivity contribution >= 4 is 51.1 Å². The number of hydrogen-bond acceptors (Lipinski definition) is 8. The first-order valence-corrected chi connectivity index (χ1v) is 17.7. The lowest BCUT2D eigenvalue weighted by Gasteiger charge is -2.36. The minimum atomic E-state index is -3.91. The Morgan fingerprint density at radius 2 is 1.65 bits per heavy atom. The minimum absolute atomic E-state index is 0.0372. The Hall–Kier alpha value is -3.56. The number of carbonyl (C=O) groups excluding carboxylic acids is 2. The summed E-state index contributed by atoms with van der Waals surface area (Å²) in [4.78, 5) is 43.5. The van der Waals surface area contributed by atoms with E-state index in [-0.39, 0.29) is 92.2 Å². The average Bonchev–Trinajstić information content (AvgIpc) is 3.39. The van der Waals surface area contributed by atoms with Crippen LogP contribution < -0.4 is 15.1 Å². The van der Waals surface area contributed by atoms with Crippen LogP contribution in [0.2, 0.25) is 5.15 Å². The maximum atomic E-state index is 15.6. The number of carboxylic acids is 1. The molecule has 3 fully saturated rings. The van der Waals surface area contributed by atoms with Crippen LogP contribution in [0, 0.1) is 11.8 Å². The number of rotatable bonds is 8. The molecule has 1 atom stereocenters. The third kappa shape index (κ3) is 8.00. The number of amides is 2. The van der Waals surface area contributed by atoms with Crippen molar-refractivity contribution < 1.29 is 41.4 Å². The van der Waals surface area contributed by atoms with Gasteiger partial charge in [0, 0.05) is 56.3 Å². The zero-order chi connectivity index (χ0) is 35.0. The van der Waals surface area contributed by atoms with E-state index in [1.54, 1.807) is 37.8 Å². The second kappa shape index (κ2) is 13.7. The molecule has 262 valence electrons. The smallest absolute Gasteiger partial charge is 0.407 e. The molecule has 1 unspecified atom stereocenters. The summed E-state index contributed by atoms with van der Waals surface area (Å²) in [7, 11) is -3.91. The molecule has 0 spiro atoms. The first-order valence-electron chi connectivity index (χ1n) is 15.9. The van der Waals surface area contributed by atoms with Crippen molar-refractivity contribution in [3.63, 3.8) is 0 Å². The van der Waals surface area contributed by atoms with E-state index in [0.717, 1.165) is 6.07 Å². The van der Waals surface area contributed by atoms with Crippen molar-refractivity contribution in [2.45, 2.75) is 75.3 Å². The molecule has 2 aliphatic heterocycles. The van der Waals surface area contributed by atoms with Gasteiger partial charge in [-0.2, -0.15) is 4.31 Å². The number of benzene rings is 1. The van der Waals surface area contributed by atoms with Crippen LogP contribution in [0.1, 0.15) is 58.4 Å². The molecule has 2 N–H and O–H groups in total. The van der Waals surface area contributed by atoms with Crippen molar-refractivity contribution in [3.05, 3.63) is 47.1 Å². The number of hydrogen-bond donors (Lipinski definition) is 2. The molecule has 3 aliphatic rings. The third-order valence-corrected chi connectivity index (χ3v) is 11.1. The molecule has 2 saturated heterocycles. The van der Waals surface area contributed by atoms with Crippen molar-refractivity contribution in [2.75, 3.05) is 42.5 Å². The number of aliphatic carboxylic acids is 1. The molecule has 3 heterocycles. The maximum Gasteiger partial charge on any atom is 0.407 e. The highest BCUT2D eigenvalue weighted by Gasteiger charge is 2.44. The Kier molecular flexibility index (Phi) is 10.2. The predicted octanol–water partition coefficient (Wildman–Crippen LogP) is 4.86. The van der Waals surface area contributed by atoms with Crippen LogP contribution in [0.15, 0.2) is 41.3 Å². The average molecular weight is 712 g/mol. The standard InChI is InChI=1S/C32H40ClF2N5O7S/c1-31(2,3)47-30(44)36-23-18-28(41)40(19-23)24-8-10-25(11-9-24)48(45,46)39-14-12-38(13-15-39)27-17-22(16-26(33)37-27)32(34,35)21-6-4-20(5-7-21)29(42)43/h8-11,16-17,20-21,23H,4-7,12-15,18-19H2,1-3H3,(H,36,44)(H,42,43). The van der Waals surface area contributed by atoms with E-state index < -0.39 is 51.5 Å². The fraction of sp³-hybridized carbons (Fsp3) is 0.562. The molecule has 2 aromatic rings. The van der Waals surface area contributed by atoms with Crippen molar-refractivity contribution in [3.8, 4) is 0 Å². The normalized spacial score (nSPS) is 22.9. The highest BCUT2D eigenvalue weighted by molar-refractivity contribution is 7.89. The van der Waals surface area contributed by atoms with Gasteiger partial charge in [-0.05, 0) is 82.9 Å². The van der Waals surface area contributed by atoms with E-state index in [0.29, 0.717) is 5.69 Å². The number of carbonyl (C=O) groups is 3. The highest BCUT2D eigenvalue weighted by atomic mass is 35.5. The molecule has 2 amide bonds. The van der Waals surface area contributed by atoms with E-state index >= 15 is 8.78 Å². The van der Waals surface area contributed by atoms with Crippen LogP contribution in [-0.2, 0) is 30.3 Å². The Balaban J connectivity index is 1.20. The maximum absolute atomic E-state index is 15.6. The number of nitrogens with zero attached hydrogens (tertiary/aromatic N) is 4. The second-order valence-electron chi connectivity index (χ2n) is 13.5. The summed E-state index contributed by atoms with van der Waals surface area (Å²) in [5.41, 5.74) is -0.485. The van der Waals surface area contributed by atoms with Gasteiger partial charge in [-0.15, -0.1) is 0 Å². The van der Waals surface area contributed by atoms with Gasteiger partial charge in [0.25, 0.3) is 5.92 Å². The lowest BCUT2D eigenvalue weighted by Crippen LogP contribution is -2.49. The number of pyridine rings is 1. The van der Waals surface area contributed by atoms with Gasteiger partial charge >= 0.3 is 12.1 Å². The first kappa shape index (κ1) is 35.7. The monoisotopic (exact) mass is 711 g/mol. The minimum Gasteiger partial charge on any atom is -0.481 e. The molecule has 16 heteroatoms. The molecule has 0 radical (unpaired) electrons. The van der Waals surface area contributed by atoms with Gasteiger partial charge in [-0.3, -0.25) is 9.59 Å². The molecule has 1 saturated carbocycles. The number of carboxylic acid groups (broad SMARTS) is 1. The molecule has 1 aliphatic carbocycles. The van der Waals surface area contributed by atoms with Crippen LogP contribution in [0.5, 0.6) is 0 Å². The Morgan fingerprint density at radius 1 is 1.02 bits per heavy atom. The van der Waals surface area contributed by atoms with E-state index in [1.807, 2.05) is 0 Å². The van der Waals surface area contributed by atoms with E-state index in [4.69, 9.17) is 16.3 Å². The first-order chi connectivity index (χ1) is 22.4. The lowest BCUT2D eigenvalue weighted by molar-refractivity contribution is -0.145. The number of sulfonamides is 1. The third-order valence-electron chi connectivity index (χ3n) is 8.95. The largest absolute Gasteiger partial charge is 0.481 e. The fourth-order valence-electron chi connectivity index (χ4n) is 6.41. The van der Waals surface area contributed by atoms with Gasteiger partial charge in [-0.1, -0.05) is 11.6 Å². The number of nitrogens with one attached hydrogen (secondary N) is 1. The zero-order valence-corrected chi connectivity index (χ0v) is 28.6. The number of ether oxygens (including phenoxy) is 1. The van der Waals surface area contributed by atoms with Crippen LogP contribution in [0.25, 0.3) is 0 Å². The summed E-state index contributed by atoms with van der Waals surface area (Å²) in [6, 6.07) is 7.90. The SMILES string of the molecule is CC(C)(C)OC(=O)NC1CC(=O)N(c2ccc(S(=O)(=O)N3CCN(c4cc(C(F)(F)C5CCC(C(=O)O)CC5)cc(Cl)n4)CC3)cc2)C1. The summed E-state index contributed by atoms with van der Waals surface area (Å²) in [5, 5.41) is 11.8. The van der Waals surface area contributed by atoms with E-state index in [9.17, 15) is 27.9 Å². The Morgan fingerprint density at radius 3 is 2.23 bits per heavy atom. The number of aromatic nitrogens is 1. The molecule has 1 aromatic carbocycles. The van der Waals surface area contributed by atoms with Crippen LogP contribution in [0.3, 0.4) is 0 Å². The predicted molar refractivity (Wildman–Crippen MR) is 174 cm³/mol. The Bertz CT molecular complexity index is 1640. The molecular weight excluding hydrogens is 672 g/mol. The lowest BCUT2D eigenvalue weighted by atomic mass is 9.77. The van der Waals surface area contributed by atoms with Crippen molar-refractivity contribution in [2.24, 2.45) is 11.8 Å². The summed E-state index contributed by atoms with van der Waals surface area (Å²) in [6.07, 6.45) is -0.00834. The number of alkyl halides is 2. The summed E-state index contributed by atoms with van der Waals surface area (Å²) >= 11 is 6.18. The van der Waals surface area contributed by atoms with Gasteiger partial charge in [0.1, 0.15) is 16.6 Å². The molecule has 0 bridgehead atoms. The van der Waals surface area contributed by atoms with Gasteiger partial charge in [-0.25, -0.2) is 27.0 Å². The number of alkyl carbamates (subject to hydrolysis) is 1. The van der Waals surface area contributed by atoms with Gasteiger partial charge in [0.2, 0.25) is 15.9 Å². The number of halogens is 3. The summed E-state index contributed by atoms with van der Waals surface area (Å²) in [5.74, 6) is -5.84. The van der Waals surface area contributed by atoms with Crippen LogP contribution in [0.4, 0.5) is 25.1 Å². The topological polar surface area (TPSA) is 149 Å². The molecule has 48 heavy (non-hydrogen) atoms. The van der Waals surface area contributed by atoms with E-state index in [2.05, 4.69) is 10.3 Å². The molecule has 5 rings (SSSR count). The zero-order valence-electron chi connectivity index (χ0n) is 27.0. The second-order valence-corrected chi connectivity index (χ2v) is 15.8. The molecule has 12 nitrogen and oxygen atoms in total. The van der Waals surface area contributed by atoms with Gasteiger partial charge in [0.15, 0.2) is 0 Å². The van der Waals surface area contributed by atoms with Crippen molar-refractivity contribution in [1.29, 1.82) is 0 Å². The fourth-order valence-corrected chi connectivity index (χ4v) is 8.04. The van der Waals surface area contributed by atoms with Crippen molar-refractivity contribution in [1.82, 2.24) is 14.6 Å². The summed E-state index contributed by atoms with van der Waals surface area (Å²) < 4.78 is 64.7. The summed E-state index contributed by atoms with van der Waals surface area (Å²) in [6.45, 7) is 5.96. The van der Waals surface area contributed by atoms with Crippen LogP contribution in [-0.4, -0.2) is 85.1 Å². The highest BCUT2D eigenvalue weighted by Crippen LogP contribution is 2.46. The molecule has 1 aromatic heterocycles.